The normalized spacial score (nSPS) is 13.2. The molecule has 0 saturated carbocycles. The highest BCUT2D eigenvalue weighted by Gasteiger charge is 2.15. The van der Waals surface area contributed by atoms with Gasteiger partial charge in [0, 0.05) is 11.5 Å². The van der Waals surface area contributed by atoms with Crippen molar-refractivity contribution in [1.82, 2.24) is 5.32 Å². The molecule has 1 N–H and O–H groups in total. The largest absolute Gasteiger partial charge is 0.486 e. The minimum Gasteiger partial charge on any atom is -0.486 e. The fourth-order valence-corrected chi connectivity index (χ4v) is 1.66. The molecule has 102 valence electrons. The van der Waals surface area contributed by atoms with Crippen molar-refractivity contribution in [1.29, 1.82) is 0 Å². The molecule has 0 atom stereocenters. The van der Waals surface area contributed by atoms with Gasteiger partial charge in [-0.15, -0.1) is 0 Å². The van der Waals surface area contributed by atoms with Crippen molar-refractivity contribution in [2.45, 2.75) is 13.8 Å². The van der Waals surface area contributed by atoms with Crippen molar-refractivity contribution < 1.29 is 19.1 Å². The monoisotopic (exact) mass is 263 g/mol. The molecule has 1 aliphatic heterocycles. The van der Waals surface area contributed by atoms with Crippen molar-refractivity contribution >= 4 is 11.7 Å². The van der Waals surface area contributed by atoms with E-state index in [-0.39, 0.29) is 24.2 Å². The number of hydrogen-bond acceptors (Lipinski definition) is 4. The van der Waals surface area contributed by atoms with E-state index in [1.165, 1.54) is 0 Å². The predicted molar refractivity (Wildman–Crippen MR) is 69.6 cm³/mol. The molecule has 0 fully saturated rings. The second-order valence-corrected chi connectivity index (χ2v) is 4.66. The summed E-state index contributed by atoms with van der Waals surface area (Å²) in [5.74, 6) is 0.840. The Morgan fingerprint density at radius 2 is 1.89 bits per heavy atom. The van der Waals surface area contributed by atoms with E-state index in [1.807, 2.05) is 0 Å². The van der Waals surface area contributed by atoms with Crippen LogP contribution in [0.1, 0.15) is 24.2 Å². The zero-order chi connectivity index (χ0) is 13.8. The van der Waals surface area contributed by atoms with Crippen LogP contribution in [0, 0.1) is 5.92 Å². The first-order valence-electron chi connectivity index (χ1n) is 6.28. The topological polar surface area (TPSA) is 64.6 Å². The number of carbonyl (C=O) groups excluding carboxylic acids is 2. The van der Waals surface area contributed by atoms with Crippen molar-refractivity contribution in [3.8, 4) is 11.5 Å². The van der Waals surface area contributed by atoms with Crippen LogP contribution in [0.2, 0.25) is 0 Å². The number of ketones is 1. The molecule has 0 aromatic heterocycles. The van der Waals surface area contributed by atoms with Gasteiger partial charge in [-0.3, -0.25) is 9.59 Å². The first-order chi connectivity index (χ1) is 9.08. The Hall–Kier alpha value is -2.04. The van der Waals surface area contributed by atoms with Crippen LogP contribution >= 0.6 is 0 Å². The van der Waals surface area contributed by atoms with Gasteiger partial charge in [-0.25, -0.2) is 0 Å². The average molecular weight is 263 g/mol. The zero-order valence-corrected chi connectivity index (χ0v) is 11.1. The van der Waals surface area contributed by atoms with Crippen LogP contribution in [0.25, 0.3) is 0 Å². The van der Waals surface area contributed by atoms with Crippen molar-refractivity contribution in [2.24, 2.45) is 5.92 Å². The molecule has 0 bridgehead atoms. The summed E-state index contributed by atoms with van der Waals surface area (Å²) in [4.78, 5) is 23.3. The molecule has 0 unspecified atom stereocenters. The Labute approximate surface area is 111 Å². The zero-order valence-electron chi connectivity index (χ0n) is 11.1. The van der Waals surface area contributed by atoms with Gasteiger partial charge in [-0.2, -0.15) is 0 Å². The molecule has 1 heterocycles. The smallest absolute Gasteiger partial charge is 0.251 e. The van der Waals surface area contributed by atoms with E-state index < -0.39 is 0 Å². The number of carbonyl (C=O) groups is 2. The maximum Gasteiger partial charge on any atom is 0.251 e. The lowest BCUT2D eigenvalue weighted by molar-refractivity contribution is -0.120. The Morgan fingerprint density at radius 3 is 2.58 bits per heavy atom. The summed E-state index contributed by atoms with van der Waals surface area (Å²) in [6, 6.07) is 4.99. The van der Waals surface area contributed by atoms with Gasteiger partial charge in [0.05, 0.1) is 6.54 Å². The molecule has 0 radical (unpaired) electrons. The highest BCUT2D eigenvalue weighted by atomic mass is 16.6. The van der Waals surface area contributed by atoms with Crippen molar-refractivity contribution in [3.05, 3.63) is 23.8 Å². The maximum atomic E-state index is 11.9. The number of ether oxygens (including phenoxy) is 2. The summed E-state index contributed by atoms with van der Waals surface area (Å²) >= 11 is 0. The van der Waals surface area contributed by atoms with E-state index in [4.69, 9.17) is 9.47 Å². The SMILES string of the molecule is CC(C)C(=O)CNC(=O)c1ccc2c(c1)OCCO2. The van der Waals surface area contributed by atoms with Crippen LogP contribution in [0.3, 0.4) is 0 Å². The van der Waals surface area contributed by atoms with E-state index in [0.717, 1.165) is 0 Å². The third-order valence-corrected chi connectivity index (χ3v) is 2.87. The standard InChI is InChI=1S/C14H17NO4/c1-9(2)11(16)8-15-14(17)10-3-4-12-13(7-10)19-6-5-18-12/h3-4,7,9H,5-6,8H2,1-2H3,(H,15,17). The quantitative estimate of drug-likeness (QED) is 0.892. The minimum absolute atomic E-state index is 0.00546. The molecule has 1 amide bonds. The van der Waals surface area contributed by atoms with Crippen LogP contribution in [0.5, 0.6) is 11.5 Å². The van der Waals surface area contributed by atoms with Crippen molar-refractivity contribution in [2.75, 3.05) is 19.8 Å². The summed E-state index contributed by atoms with van der Waals surface area (Å²) in [7, 11) is 0. The van der Waals surface area contributed by atoms with Gasteiger partial charge in [0.2, 0.25) is 0 Å². The highest BCUT2D eigenvalue weighted by molar-refractivity contribution is 5.97. The lowest BCUT2D eigenvalue weighted by Crippen LogP contribution is -2.31. The summed E-state index contributed by atoms with van der Waals surface area (Å²) in [5, 5.41) is 2.60. The summed E-state index contributed by atoms with van der Waals surface area (Å²) in [5.41, 5.74) is 0.459. The lowest BCUT2D eigenvalue weighted by Gasteiger charge is -2.18. The average Bonchev–Trinajstić information content (AvgIpc) is 2.43. The second kappa shape index (κ2) is 5.73. The molecule has 1 aliphatic rings. The molecule has 5 nitrogen and oxygen atoms in total. The van der Waals surface area contributed by atoms with Gasteiger partial charge >= 0.3 is 0 Å². The lowest BCUT2D eigenvalue weighted by atomic mass is 10.1. The van der Waals surface area contributed by atoms with E-state index in [0.29, 0.717) is 30.3 Å². The van der Waals surface area contributed by atoms with Gasteiger partial charge in [0.15, 0.2) is 17.3 Å². The molecule has 2 rings (SSSR count). The number of benzene rings is 1. The first-order valence-corrected chi connectivity index (χ1v) is 6.28. The molecule has 19 heavy (non-hydrogen) atoms. The number of nitrogens with one attached hydrogen (secondary N) is 1. The van der Waals surface area contributed by atoms with Crippen molar-refractivity contribution in [3.63, 3.8) is 0 Å². The van der Waals surface area contributed by atoms with E-state index in [9.17, 15) is 9.59 Å². The van der Waals surface area contributed by atoms with Gasteiger partial charge in [0.1, 0.15) is 13.2 Å². The fraction of sp³-hybridized carbons (Fsp3) is 0.429. The van der Waals surface area contributed by atoms with Crippen LogP contribution in [0.4, 0.5) is 0 Å². The number of hydrogen-bond donors (Lipinski definition) is 1. The molecule has 0 saturated heterocycles. The number of Topliss-reactive ketones (excluding diaryl/α,β-unsaturated/α-hetero) is 1. The minimum atomic E-state index is -0.286. The molecule has 0 aliphatic carbocycles. The Kier molecular flexibility index (Phi) is 4.04. The number of fused-ring (bicyclic) bond motifs is 1. The maximum absolute atomic E-state index is 11.9. The highest BCUT2D eigenvalue weighted by Crippen LogP contribution is 2.30. The van der Waals surface area contributed by atoms with Gasteiger partial charge < -0.3 is 14.8 Å². The summed E-state index contributed by atoms with van der Waals surface area (Å²) in [6.07, 6.45) is 0. The first kappa shape index (κ1) is 13.4. The Balaban J connectivity index is 2.01. The molecular formula is C14H17NO4. The van der Waals surface area contributed by atoms with E-state index in [1.54, 1.807) is 32.0 Å². The molecule has 5 heteroatoms. The number of amides is 1. The van der Waals surface area contributed by atoms with E-state index >= 15 is 0 Å². The summed E-state index contributed by atoms with van der Waals surface area (Å²) < 4.78 is 10.8. The Bertz CT molecular complexity index is 496. The molecule has 1 aromatic carbocycles. The van der Waals surface area contributed by atoms with E-state index in [2.05, 4.69) is 5.32 Å². The summed E-state index contributed by atoms with van der Waals surface area (Å²) in [6.45, 7) is 4.65. The second-order valence-electron chi connectivity index (χ2n) is 4.66. The fourth-order valence-electron chi connectivity index (χ4n) is 1.66. The van der Waals surface area contributed by atoms with Crippen LogP contribution in [0.15, 0.2) is 18.2 Å². The van der Waals surface area contributed by atoms with Gasteiger partial charge in [-0.05, 0) is 18.2 Å². The Morgan fingerprint density at radius 1 is 1.21 bits per heavy atom. The van der Waals surface area contributed by atoms with Gasteiger partial charge in [0.25, 0.3) is 5.91 Å². The number of rotatable bonds is 4. The van der Waals surface area contributed by atoms with Gasteiger partial charge in [-0.1, -0.05) is 13.8 Å². The molecular weight excluding hydrogens is 246 g/mol. The molecule has 1 aromatic rings. The predicted octanol–water partition coefficient (Wildman–Crippen LogP) is 1.41. The van der Waals surface area contributed by atoms with Crippen LogP contribution in [-0.2, 0) is 4.79 Å². The third-order valence-electron chi connectivity index (χ3n) is 2.87. The van der Waals surface area contributed by atoms with Crippen LogP contribution < -0.4 is 14.8 Å². The molecule has 0 spiro atoms. The third kappa shape index (κ3) is 3.24. The van der Waals surface area contributed by atoms with Crippen LogP contribution in [-0.4, -0.2) is 31.4 Å².